The standard InChI is InChI=1S/C12H19ClN2O/c1-5-9-7-10(13)15-12(14-9)11(8(3)4)16-6-2/h7-8,11H,5-6H2,1-4H3. The first-order valence-corrected chi connectivity index (χ1v) is 6.11. The summed E-state index contributed by atoms with van der Waals surface area (Å²) in [6.45, 7) is 8.86. The Kier molecular flexibility index (Phi) is 5.16. The molecule has 1 heterocycles. The van der Waals surface area contributed by atoms with Crippen LogP contribution < -0.4 is 0 Å². The molecule has 0 radical (unpaired) electrons. The summed E-state index contributed by atoms with van der Waals surface area (Å²) in [5.74, 6) is 1.03. The van der Waals surface area contributed by atoms with Crippen molar-refractivity contribution >= 4 is 11.6 Å². The lowest BCUT2D eigenvalue weighted by molar-refractivity contribution is 0.0230. The van der Waals surface area contributed by atoms with Crippen molar-refractivity contribution < 1.29 is 4.74 Å². The van der Waals surface area contributed by atoms with Gasteiger partial charge in [0.2, 0.25) is 0 Å². The van der Waals surface area contributed by atoms with Gasteiger partial charge in [0.1, 0.15) is 11.3 Å². The fourth-order valence-electron chi connectivity index (χ4n) is 1.54. The van der Waals surface area contributed by atoms with Crippen LogP contribution >= 0.6 is 11.6 Å². The Balaban J connectivity index is 3.03. The first-order valence-electron chi connectivity index (χ1n) is 5.73. The lowest BCUT2D eigenvalue weighted by Gasteiger charge is -2.19. The van der Waals surface area contributed by atoms with E-state index in [1.807, 2.05) is 13.8 Å². The number of ether oxygens (including phenoxy) is 1. The molecular formula is C12H19ClN2O. The second kappa shape index (κ2) is 6.16. The first kappa shape index (κ1) is 13.4. The van der Waals surface area contributed by atoms with Crippen molar-refractivity contribution in [1.29, 1.82) is 0 Å². The number of nitrogens with zero attached hydrogens (tertiary/aromatic N) is 2. The van der Waals surface area contributed by atoms with Crippen molar-refractivity contribution in [2.75, 3.05) is 6.61 Å². The average Bonchev–Trinajstić information content (AvgIpc) is 2.24. The Morgan fingerprint density at radius 3 is 2.50 bits per heavy atom. The van der Waals surface area contributed by atoms with E-state index in [-0.39, 0.29) is 6.10 Å². The van der Waals surface area contributed by atoms with Crippen molar-refractivity contribution in [2.24, 2.45) is 5.92 Å². The summed E-state index contributed by atoms with van der Waals surface area (Å²) in [7, 11) is 0. The molecule has 1 aromatic rings. The minimum absolute atomic E-state index is 0.0750. The van der Waals surface area contributed by atoms with Crippen LogP contribution in [0, 0.1) is 5.92 Å². The molecule has 0 aliphatic heterocycles. The lowest BCUT2D eigenvalue weighted by atomic mass is 10.1. The molecular weight excluding hydrogens is 224 g/mol. The minimum Gasteiger partial charge on any atom is -0.370 e. The van der Waals surface area contributed by atoms with Gasteiger partial charge in [-0.25, -0.2) is 9.97 Å². The van der Waals surface area contributed by atoms with E-state index in [1.54, 1.807) is 6.07 Å². The van der Waals surface area contributed by atoms with Gasteiger partial charge in [0, 0.05) is 12.3 Å². The Morgan fingerprint density at radius 2 is 2.00 bits per heavy atom. The molecule has 0 aliphatic rings. The number of hydrogen-bond donors (Lipinski definition) is 0. The predicted octanol–water partition coefficient (Wildman–Crippen LogP) is 3.43. The maximum atomic E-state index is 5.97. The molecule has 0 bridgehead atoms. The molecule has 0 N–H and O–H groups in total. The van der Waals surface area contributed by atoms with E-state index in [0.29, 0.717) is 23.5 Å². The van der Waals surface area contributed by atoms with Crippen molar-refractivity contribution in [2.45, 2.75) is 40.2 Å². The van der Waals surface area contributed by atoms with Crippen LogP contribution in [0.25, 0.3) is 0 Å². The van der Waals surface area contributed by atoms with Crippen LogP contribution in [0.3, 0.4) is 0 Å². The highest BCUT2D eigenvalue weighted by atomic mass is 35.5. The molecule has 1 atom stereocenters. The Labute approximate surface area is 102 Å². The maximum Gasteiger partial charge on any atom is 0.159 e. The van der Waals surface area contributed by atoms with Crippen LogP contribution in [-0.2, 0) is 11.2 Å². The molecule has 0 amide bonds. The summed E-state index contributed by atoms with van der Waals surface area (Å²) in [6.07, 6.45) is 0.778. The molecule has 1 rings (SSSR count). The van der Waals surface area contributed by atoms with Crippen LogP contribution in [0.2, 0.25) is 5.15 Å². The molecule has 0 saturated carbocycles. The SMILES string of the molecule is CCOC(c1nc(Cl)cc(CC)n1)C(C)C. The molecule has 0 spiro atoms. The number of halogens is 1. The zero-order valence-corrected chi connectivity index (χ0v) is 11.1. The van der Waals surface area contributed by atoms with Gasteiger partial charge in [-0.15, -0.1) is 0 Å². The molecule has 0 fully saturated rings. The van der Waals surface area contributed by atoms with Gasteiger partial charge in [0.15, 0.2) is 5.82 Å². The maximum absolute atomic E-state index is 5.97. The third kappa shape index (κ3) is 3.42. The Bertz CT molecular complexity index is 342. The summed E-state index contributed by atoms with van der Waals surface area (Å²) >= 11 is 5.97. The van der Waals surface area contributed by atoms with E-state index in [4.69, 9.17) is 16.3 Å². The number of aromatic nitrogens is 2. The zero-order chi connectivity index (χ0) is 12.1. The van der Waals surface area contributed by atoms with Gasteiger partial charge in [-0.05, 0) is 25.3 Å². The van der Waals surface area contributed by atoms with E-state index >= 15 is 0 Å². The fraction of sp³-hybridized carbons (Fsp3) is 0.667. The monoisotopic (exact) mass is 242 g/mol. The second-order valence-corrected chi connectivity index (χ2v) is 4.40. The Hall–Kier alpha value is -0.670. The Morgan fingerprint density at radius 1 is 1.31 bits per heavy atom. The van der Waals surface area contributed by atoms with Crippen LogP contribution in [0.15, 0.2) is 6.07 Å². The molecule has 0 aromatic carbocycles. The van der Waals surface area contributed by atoms with Gasteiger partial charge >= 0.3 is 0 Å². The summed E-state index contributed by atoms with van der Waals surface area (Å²) in [5.41, 5.74) is 0.959. The molecule has 4 heteroatoms. The van der Waals surface area contributed by atoms with Gasteiger partial charge in [0.05, 0.1) is 0 Å². The summed E-state index contributed by atoms with van der Waals surface area (Å²) in [6, 6.07) is 1.80. The second-order valence-electron chi connectivity index (χ2n) is 4.01. The van der Waals surface area contributed by atoms with E-state index < -0.39 is 0 Å². The summed E-state index contributed by atoms with van der Waals surface area (Å²) in [5, 5.41) is 0.493. The van der Waals surface area contributed by atoms with Crippen LogP contribution in [-0.4, -0.2) is 16.6 Å². The van der Waals surface area contributed by atoms with Crippen molar-refractivity contribution in [1.82, 2.24) is 9.97 Å². The third-order valence-electron chi connectivity index (χ3n) is 2.33. The lowest BCUT2D eigenvalue weighted by Crippen LogP contribution is -2.15. The van der Waals surface area contributed by atoms with Crippen LogP contribution in [0.1, 0.15) is 45.3 Å². The highest BCUT2D eigenvalue weighted by molar-refractivity contribution is 6.29. The largest absolute Gasteiger partial charge is 0.370 e. The quantitative estimate of drug-likeness (QED) is 0.742. The number of aryl methyl sites for hydroxylation is 1. The van der Waals surface area contributed by atoms with Gasteiger partial charge < -0.3 is 4.74 Å². The van der Waals surface area contributed by atoms with E-state index in [1.165, 1.54) is 0 Å². The number of rotatable bonds is 5. The van der Waals surface area contributed by atoms with Crippen molar-refractivity contribution in [3.8, 4) is 0 Å². The smallest absolute Gasteiger partial charge is 0.159 e. The van der Waals surface area contributed by atoms with E-state index in [9.17, 15) is 0 Å². The molecule has 1 unspecified atom stereocenters. The topological polar surface area (TPSA) is 35.0 Å². The molecule has 0 saturated heterocycles. The van der Waals surface area contributed by atoms with Gasteiger partial charge in [0.25, 0.3) is 0 Å². The van der Waals surface area contributed by atoms with Gasteiger partial charge in [-0.3, -0.25) is 0 Å². The third-order valence-corrected chi connectivity index (χ3v) is 2.53. The van der Waals surface area contributed by atoms with E-state index in [0.717, 1.165) is 12.1 Å². The number of hydrogen-bond acceptors (Lipinski definition) is 3. The average molecular weight is 243 g/mol. The summed E-state index contributed by atoms with van der Waals surface area (Å²) in [4.78, 5) is 8.72. The normalized spacial score (nSPS) is 13.1. The van der Waals surface area contributed by atoms with Crippen molar-refractivity contribution in [3.63, 3.8) is 0 Å². The highest BCUT2D eigenvalue weighted by Gasteiger charge is 2.19. The van der Waals surface area contributed by atoms with Gasteiger partial charge in [-0.1, -0.05) is 32.4 Å². The van der Waals surface area contributed by atoms with E-state index in [2.05, 4.69) is 23.8 Å². The fourth-order valence-corrected chi connectivity index (χ4v) is 1.75. The molecule has 16 heavy (non-hydrogen) atoms. The van der Waals surface area contributed by atoms with Crippen LogP contribution in [0.5, 0.6) is 0 Å². The summed E-state index contributed by atoms with van der Waals surface area (Å²) < 4.78 is 5.66. The molecule has 3 nitrogen and oxygen atoms in total. The van der Waals surface area contributed by atoms with Gasteiger partial charge in [-0.2, -0.15) is 0 Å². The molecule has 0 aliphatic carbocycles. The van der Waals surface area contributed by atoms with Crippen LogP contribution in [0.4, 0.5) is 0 Å². The highest BCUT2D eigenvalue weighted by Crippen LogP contribution is 2.24. The zero-order valence-electron chi connectivity index (χ0n) is 10.3. The minimum atomic E-state index is -0.0750. The first-order chi connectivity index (χ1) is 7.58. The molecule has 1 aromatic heterocycles. The molecule has 90 valence electrons. The predicted molar refractivity (Wildman–Crippen MR) is 65.6 cm³/mol. The van der Waals surface area contributed by atoms with Crippen molar-refractivity contribution in [3.05, 3.63) is 22.7 Å².